The molecule has 5 heteroatoms. The standard InChI is InChI=1S/C14H22N2O2S/c1-8-6-9(2)11(4)16(7-8)14-15-10(3)12(19-14)13(17)18-5/h8-9,11H,6-7H2,1-5H3. The number of aromatic nitrogens is 1. The summed E-state index contributed by atoms with van der Waals surface area (Å²) in [4.78, 5) is 19.2. The first-order valence-electron chi connectivity index (χ1n) is 6.76. The molecule has 0 amide bonds. The Labute approximate surface area is 118 Å². The minimum Gasteiger partial charge on any atom is -0.465 e. The Hall–Kier alpha value is -1.10. The van der Waals surface area contributed by atoms with Crippen LogP contribution in [0.4, 0.5) is 5.13 Å². The average molecular weight is 282 g/mol. The SMILES string of the molecule is COC(=O)c1sc(N2CC(C)CC(C)C2C)nc1C. The summed E-state index contributed by atoms with van der Waals surface area (Å²) in [5, 5.41) is 0.948. The highest BCUT2D eigenvalue weighted by Gasteiger charge is 2.31. The Morgan fingerprint density at radius 2 is 2.11 bits per heavy atom. The second-order valence-electron chi connectivity index (χ2n) is 5.61. The lowest BCUT2D eigenvalue weighted by molar-refractivity contribution is 0.0605. The van der Waals surface area contributed by atoms with Crippen molar-refractivity contribution in [2.75, 3.05) is 18.6 Å². The van der Waals surface area contributed by atoms with Crippen molar-refractivity contribution in [3.8, 4) is 0 Å². The van der Waals surface area contributed by atoms with E-state index in [1.807, 2.05) is 6.92 Å². The largest absolute Gasteiger partial charge is 0.465 e. The number of hydrogen-bond acceptors (Lipinski definition) is 5. The molecule has 0 spiro atoms. The van der Waals surface area contributed by atoms with E-state index in [0.717, 1.165) is 17.4 Å². The van der Waals surface area contributed by atoms with Crippen molar-refractivity contribution in [1.82, 2.24) is 4.98 Å². The number of aryl methyl sites for hydroxylation is 1. The van der Waals surface area contributed by atoms with Crippen LogP contribution in [0.15, 0.2) is 0 Å². The van der Waals surface area contributed by atoms with Crippen molar-refractivity contribution in [1.29, 1.82) is 0 Å². The molecule has 3 atom stereocenters. The topological polar surface area (TPSA) is 42.4 Å². The number of methoxy groups -OCH3 is 1. The van der Waals surface area contributed by atoms with E-state index in [2.05, 4.69) is 30.7 Å². The predicted molar refractivity (Wildman–Crippen MR) is 77.9 cm³/mol. The molecule has 0 saturated carbocycles. The smallest absolute Gasteiger partial charge is 0.350 e. The van der Waals surface area contributed by atoms with Crippen molar-refractivity contribution >= 4 is 22.4 Å². The first-order valence-corrected chi connectivity index (χ1v) is 7.58. The fourth-order valence-corrected chi connectivity index (χ4v) is 3.84. The number of carbonyl (C=O) groups is 1. The van der Waals surface area contributed by atoms with Crippen LogP contribution in [-0.2, 0) is 4.74 Å². The zero-order chi connectivity index (χ0) is 14.2. The van der Waals surface area contributed by atoms with E-state index in [-0.39, 0.29) is 5.97 Å². The third-order valence-corrected chi connectivity index (χ3v) is 5.17. The number of esters is 1. The molecule has 19 heavy (non-hydrogen) atoms. The van der Waals surface area contributed by atoms with Gasteiger partial charge in [-0.25, -0.2) is 9.78 Å². The van der Waals surface area contributed by atoms with Crippen LogP contribution in [0.2, 0.25) is 0 Å². The zero-order valence-corrected chi connectivity index (χ0v) is 13.1. The molecule has 0 radical (unpaired) electrons. The summed E-state index contributed by atoms with van der Waals surface area (Å²) in [6, 6.07) is 0.465. The lowest BCUT2D eigenvalue weighted by atomic mass is 9.86. The zero-order valence-electron chi connectivity index (χ0n) is 12.3. The van der Waals surface area contributed by atoms with E-state index in [1.54, 1.807) is 0 Å². The number of rotatable bonds is 2. The van der Waals surface area contributed by atoms with Crippen molar-refractivity contribution in [3.05, 3.63) is 10.6 Å². The van der Waals surface area contributed by atoms with Gasteiger partial charge in [-0.1, -0.05) is 25.2 Å². The molecule has 3 unspecified atom stereocenters. The normalized spacial score (nSPS) is 27.4. The van der Waals surface area contributed by atoms with Crippen molar-refractivity contribution < 1.29 is 9.53 Å². The number of anilines is 1. The fraction of sp³-hybridized carbons (Fsp3) is 0.714. The highest BCUT2D eigenvalue weighted by molar-refractivity contribution is 7.17. The summed E-state index contributed by atoms with van der Waals surface area (Å²) in [5.74, 6) is 1.03. The summed E-state index contributed by atoms with van der Waals surface area (Å²) in [5.41, 5.74) is 0.768. The quantitative estimate of drug-likeness (QED) is 0.782. The fourth-order valence-electron chi connectivity index (χ4n) is 2.75. The van der Waals surface area contributed by atoms with E-state index in [4.69, 9.17) is 4.74 Å². The van der Waals surface area contributed by atoms with Crippen LogP contribution in [0.25, 0.3) is 0 Å². The van der Waals surface area contributed by atoms with Gasteiger partial charge in [0, 0.05) is 12.6 Å². The van der Waals surface area contributed by atoms with Gasteiger partial charge in [0.1, 0.15) is 4.88 Å². The molecule has 4 nitrogen and oxygen atoms in total. The van der Waals surface area contributed by atoms with Gasteiger partial charge in [0.15, 0.2) is 5.13 Å². The molecule has 0 aromatic carbocycles. The molecule has 1 aliphatic heterocycles. The second-order valence-corrected chi connectivity index (χ2v) is 6.59. The molecule has 2 heterocycles. The molecule has 1 aromatic rings. The lowest BCUT2D eigenvalue weighted by Crippen LogP contribution is -2.45. The maximum Gasteiger partial charge on any atom is 0.350 e. The van der Waals surface area contributed by atoms with E-state index in [0.29, 0.717) is 22.8 Å². The van der Waals surface area contributed by atoms with Gasteiger partial charge in [-0.05, 0) is 32.1 Å². The number of carbonyl (C=O) groups excluding carboxylic acids is 1. The Kier molecular flexibility index (Phi) is 4.13. The Morgan fingerprint density at radius 3 is 2.74 bits per heavy atom. The van der Waals surface area contributed by atoms with Gasteiger partial charge in [0.25, 0.3) is 0 Å². The molecule has 1 fully saturated rings. The molecule has 0 bridgehead atoms. The van der Waals surface area contributed by atoms with Crippen LogP contribution in [0, 0.1) is 18.8 Å². The highest BCUT2D eigenvalue weighted by Crippen LogP contribution is 2.34. The van der Waals surface area contributed by atoms with Crippen molar-refractivity contribution in [2.45, 2.75) is 40.2 Å². The van der Waals surface area contributed by atoms with Crippen LogP contribution in [-0.4, -0.2) is 30.6 Å². The summed E-state index contributed by atoms with van der Waals surface area (Å²) in [6.45, 7) is 9.68. The summed E-state index contributed by atoms with van der Waals surface area (Å²) >= 11 is 1.45. The van der Waals surface area contributed by atoms with Crippen LogP contribution >= 0.6 is 11.3 Å². The minimum absolute atomic E-state index is 0.285. The number of hydrogen-bond donors (Lipinski definition) is 0. The Bertz CT molecular complexity index is 472. The van der Waals surface area contributed by atoms with E-state index < -0.39 is 0 Å². The number of ether oxygens (including phenoxy) is 1. The van der Waals surface area contributed by atoms with Crippen LogP contribution in [0.5, 0.6) is 0 Å². The third kappa shape index (κ3) is 2.76. The van der Waals surface area contributed by atoms with Crippen molar-refractivity contribution in [3.63, 3.8) is 0 Å². The second kappa shape index (κ2) is 5.49. The van der Waals surface area contributed by atoms with Gasteiger partial charge in [-0.15, -0.1) is 0 Å². The summed E-state index contributed by atoms with van der Waals surface area (Å²) < 4.78 is 4.80. The lowest BCUT2D eigenvalue weighted by Gasteiger charge is -2.41. The maximum absolute atomic E-state index is 11.7. The Morgan fingerprint density at radius 1 is 1.42 bits per heavy atom. The van der Waals surface area contributed by atoms with Gasteiger partial charge < -0.3 is 9.64 Å². The van der Waals surface area contributed by atoms with E-state index in [9.17, 15) is 4.79 Å². The van der Waals surface area contributed by atoms with Gasteiger partial charge in [0.2, 0.25) is 0 Å². The van der Waals surface area contributed by atoms with Gasteiger partial charge in [0.05, 0.1) is 12.8 Å². The van der Waals surface area contributed by atoms with Crippen LogP contribution < -0.4 is 4.90 Å². The van der Waals surface area contributed by atoms with Crippen molar-refractivity contribution in [2.24, 2.45) is 11.8 Å². The highest BCUT2D eigenvalue weighted by atomic mass is 32.1. The van der Waals surface area contributed by atoms with E-state index in [1.165, 1.54) is 24.9 Å². The predicted octanol–water partition coefficient (Wildman–Crippen LogP) is 3.11. The molecule has 0 N–H and O–H groups in total. The first kappa shape index (κ1) is 14.3. The average Bonchev–Trinajstić information content (AvgIpc) is 2.74. The third-order valence-electron chi connectivity index (χ3n) is 4.00. The van der Waals surface area contributed by atoms with Gasteiger partial charge in [-0.2, -0.15) is 0 Å². The molecule has 1 aromatic heterocycles. The maximum atomic E-state index is 11.7. The number of thiazole rings is 1. The summed E-state index contributed by atoms with van der Waals surface area (Å²) in [6.07, 6.45) is 1.26. The molecule has 1 aliphatic rings. The monoisotopic (exact) mass is 282 g/mol. The van der Waals surface area contributed by atoms with Gasteiger partial charge >= 0.3 is 5.97 Å². The molecule has 2 rings (SSSR count). The Balaban J connectivity index is 2.28. The number of piperidine rings is 1. The molecular formula is C14H22N2O2S. The van der Waals surface area contributed by atoms with E-state index >= 15 is 0 Å². The first-order chi connectivity index (χ1) is 8.93. The van der Waals surface area contributed by atoms with Crippen LogP contribution in [0.1, 0.15) is 42.6 Å². The molecule has 106 valence electrons. The summed E-state index contributed by atoms with van der Waals surface area (Å²) in [7, 11) is 1.41. The minimum atomic E-state index is -0.285. The molecular weight excluding hydrogens is 260 g/mol. The molecule has 0 aliphatic carbocycles. The van der Waals surface area contributed by atoms with Gasteiger partial charge in [-0.3, -0.25) is 0 Å². The van der Waals surface area contributed by atoms with Crippen LogP contribution in [0.3, 0.4) is 0 Å². The molecule has 1 saturated heterocycles. The number of nitrogens with zero attached hydrogens (tertiary/aromatic N) is 2.